The van der Waals surface area contributed by atoms with Crippen LogP contribution in [0.15, 0.2) is 59.5 Å². The lowest BCUT2D eigenvalue weighted by Gasteiger charge is -2.30. The van der Waals surface area contributed by atoms with Gasteiger partial charge >= 0.3 is 0 Å². The number of rotatable bonds is 10. The van der Waals surface area contributed by atoms with Crippen molar-refractivity contribution in [3.63, 3.8) is 0 Å². The van der Waals surface area contributed by atoms with Crippen LogP contribution in [-0.2, 0) is 26.0 Å². The molecule has 0 heterocycles. The molecule has 9 heteroatoms. The molecule has 174 valence electrons. The molecular weight excluding hydrogens is 450 g/mol. The molecular formula is C23H30ClN3O4S. The van der Waals surface area contributed by atoms with E-state index in [1.165, 1.54) is 36.2 Å². The predicted molar refractivity (Wildman–Crippen MR) is 126 cm³/mol. The second-order valence-electron chi connectivity index (χ2n) is 7.88. The summed E-state index contributed by atoms with van der Waals surface area (Å²) in [4.78, 5) is 27.2. The quantitative estimate of drug-likeness (QED) is 0.567. The Bertz CT molecular complexity index is 1010. The van der Waals surface area contributed by atoms with Gasteiger partial charge in [0.2, 0.25) is 21.8 Å². The minimum Gasteiger partial charge on any atom is -0.352 e. The van der Waals surface area contributed by atoms with Crippen molar-refractivity contribution in [2.45, 2.75) is 44.2 Å². The van der Waals surface area contributed by atoms with Crippen molar-refractivity contribution >= 4 is 33.4 Å². The Hall–Kier alpha value is -2.42. The Balaban J connectivity index is 2.19. The highest BCUT2D eigenvalue weighted by molar-refractivity contribution is 7.89. The Morgan fingerprint density at radius 1 is 1.00 bits per heavy atom. The van der Waals surface area contributed by atoms with Gasteiger partial charge in [-0.3, -0.25) is 9.59 Å². The minimum atomic E-state index is -3.89. The number of benzene rings is 2. The number of sulfonamides is 1. The summed E-state index contributed by atoms with van der Waals surface area (Å²) in [7, 11) is -2.55. The van der Waals surface area contributed by atoms with Gasteiger partial charge in [0, 0.05) is 24.7 Å². The van der Waals surface area contributed by atoms with Gasteiger partial charge in [-0.15, -0.1) is 0 Å². The Kier molecular flexibility index (Phi) is 9.24. The van der Waals surface area contributed by atoms with Crippen LogP contribution >= 0.6 is 11.6 Å². The van der Waals surface area contributed by atoms with Crippen LogP contribution in [0.5, 0.6) is 0 Å². The number of carbonyl (C=O) groups is 2. The van der Waals surface area contributed by atoms with E-state index in [1.807, 2.05) is 44.2 Å². The number of amides is 2. The van der Waals surface area contributed by atoms with E-state index in [0.717, 1.165) is 9.87 Å². The molecule has 0 aliphatic rings. The van der Waals surface area contributed by atoms with E-state index in [4.69, 9.17) is 11.6 Å². The highest BCUT2D eigenvalue weighted by Gasteiger charge is 2.30. The largest absolute Gasteiger partial charge is 0.352 e. The number of hydrogen-bond acceptors (Lipinski definition) is 4. The van der Waals surface area contributed by atoms with Gasteiger partial charge in [0.05, 0.1) is 11.4 Å². The van der Waals surface area contributed by atoms with Crippen LogP contribution in [0.3, 0.4) is 0 Å². The van der Waals surface area contributed by atoms with Crippen LogP contribution in [0, 0.1) is 0 Å². The SMILES string of the molecule is CC(C)NC(=O)[C@H](C)N(CCc1ccccc1)C(=O)CN(C)S(=O)(=O)c1ccc(Cl)cc1. The van der Waals surface area contributed by atoms with Crippen molar-refractivity contribution in [3.05, 3.63) is 65.2 Å². The molecule has 7 nitrogen and oxygen atoms in total. The summed E-state index contributed by atoms with van der Waals surface area (Å²) in [5, 5.41) is 3.23. The fourth-order valence-corrected chi connectivity index (χ4v) is 4.37. The first-order valence-electron chi connectivity index (χ1n) is 10.4. The topological polar surface area (TPSA) is 86.8 Å². The Morgan fingerprint density at radius 3 is 2.16 bits per heavy atom. The van der Waals surface area contributed by atoms with Gasteiger partial charge in [-0.05, 0) is 57.0 Å². The normalized spacial score (nSPS) is 12.6. The maximum absolute atomic E-state index is 13.2. The fraction of sp³-hybridized carbons (Fsp3) is 0.391. The summed E-state index contributed by atoms with van der Waals surface area (Å²) < 4.78 is 26.7. The first-order chi connectivity index (χ1) is 15.0. The van der Waals surface area contributed by atoms with Crippen LogP contribution in [0.2, 0.25) is 5.02 Å². The molecule has 2 rings (SSSR count). The van der Waals surface area contributed by atoms with Crippen molar-refractivity contribution in [3.8, 4) is 0 Å². The van der Waals surface area contributed by atoms with E-state index in [9.17, 15) is 18.0 Å². The second kappa shape index (κ2) is 11.4. The molecule has 0 saturated heterocycles. The van der Waals surface area contributed by atoms with E-state index in [0.29, 0.717) is 11.4 Å². The van der Waals surface area contributed by atoms with E-state index in [-0.39, 0.29) is 29.9 Å². The van der Waals surface area contributed by atoms with Crippen molar-refractivity contribution in [2.24, 2.45) is 0 Å². The summed E-state index contributed by atoms with van der Waals surface area (Å²) in [5.74, 6) is -0.739. The number of nitrogens with one attached hydrogen (secondary N) is 1. The van der Waals surface area contributed by atoms with Crippen molar-refractivity contribution in [1.29, 1.82) is 0 Å². The van der Waals surface area contributed by atoms with E-state index < -0.39 is 22.0 Å². The zero-order valence-corrected chi connectivity index (χ0v) is 20.4. The monoisotopic (exact) mass is 479 g/mol. The molecule has 1 atom stereocenters. The third-order valence-corrected chi connectivity index (χ3v) is 7.03. The van der Waals surface area contributed by atoms with E-state index in [2.05, 4.69) is 5.32 Å². The number of likely N-dealkylation sites (N-methyl/N-ethyl adjacent to an activating group) is 1. The first kappa shape index (κ1) is 25.8. The number of halogens is 1. The third kappa shape index (κ3) is 7.05. The zero-order valence-electron chi connectivity index (χ0n) is 18.8. The average molecular weight is 480 g/mol. The molecule has 32 heavy (non-hydrogen) atoms. The van der Waals surface area contributed by atoms with Crippen molar-refractivity contribution in [1.82, 2.24) is 14.5 Å². The van der Waals surface area contributed by atoms with Gasteiger partial charge < -0.3 is 10.2 Å². The summed E-state index contributed by atoms with van der Waals surface area (Å²) in [6.45, 7) is 5.22. The highest BCUT2D eigenvalue weighted by atomic mass is 35.5. The maximum atomic E-state index is 13.2. The average Bonchev–Trinajstić information content (AvgIpc) is 2.74. The summed E-state index contributed by atoms with van der Waals surface area (Å²) in [5.41, 5.74) is 1.02. The lowest BCUT2D eigenvalue weighted by atomic mass is 10.1. The standard InChI is InChI=1S/C23H30ClN3O4S/c1-17(2)25-23(29)18(3)27(15-14-19-8-6-5-7-9-19)22(28)16-26(4)32(30,31)21-12-10-20(24)11-13-21/h5-13,17-18H,14-16H2,1-4H3,(H,25,29)/t18-/m0/s1. The minimum absolute atomic E-state index is 0.0404. The Labute approximate surface area is 195 Å². The molecule has 1 N–H and O–H groups in total. The molecule has 0 radical (unpaired) electrons. The van der Waals surface area contributed by atoms with Crippen LogP contribution in [0.1, 0.15) is 26.3 Å². The number of carbonyl (C=O) groups excluding carboxylic acids is 2. The van der Waals surface area contributed by atoms with Crippen LogP contribution in [-0.4, -0.2) is 61.7 Å². The molecule has 0 aliphatic heterocycles. The van der Waals surface area contributed by atoms with Gasteiger partial charge in [0.1, 0.15) is 6.04 Å². The van der Waals surface area contributed by atoms with Crippen molar-refractivity contribution < 1.29 is 18.0 Å². The van der Waals surface area contributed by atoms with E-state index in [1.54, 1.807) is 6.92 Å². The van der Waals surface area contributed by atoms with Gasteiger partial charge in [0.15, 0.2) is 0 Å². The zero-order chi connectivity index (χ0) is 23.9. The molecule has 2 aromatic rings. The van der Waals surface area contributed by atoms with Crippen LogP contribution < -0.4 is 5.32 Å². The lowest BCUT2D eigenvalue weighted by Crippen LogP contribution is -2.52. The molecule has 0 spiro atoms. The summed E-state index contributed by atoms with van der Waals surface area (Å²) >= 11 is 5.85. The smallest absolute Gasteiger partial charge is 0.243 e. The second-order valence-corrected chi connectivity index (χ2v) is 10.4. The molecule has 0 unspecified atom stereocenters. The van der Waals surface area contributed by atoms with Crippen molar-refractivity contribution in [2.75, 3.05) is 20.1 Å². The van der Waals surface area contributed by atoms with Gasteiger partial charge in [-0.1, -0.05) is 41.9 Å². The molecule has 2 aromatic carbocycles. The van der Waals surface area contributed by atoms with Crippen LogP contribution in [0.25, 0.3) is 0 Å². The molecule has 2 amide bonds. The summed E-state index contributed by atoms with van der Waals surface area (Å²) in [6.07, 6.45) is 0.541. The number of nitrogens with zero attached hydrogens (tertiary/aromatic N) is 2. The fourth-order valence-electron chi connectivity index (χ4n) is 3.13. The van der Waals surface area contributed by atoms with Gasteiger partial charge in [-0.25, -0.2) is 8.42 Å². The highest BCUT2D eigenvalue weighted by Crippen LogP contribution is 2.18. The first-order valence-corrected chi connectivity index (χ1v) is 12.2. The van der Waals surface area contributed by atoms with E-state index >= 15 is 0 Å². The van der Waals surface area contributed by atoms with Gasteiger partial charge in [-0.2, -0.15) is 4.31 Å². The van der Waals surface area contributed by atoms with Crippen LogP contribution in [0.4, 0.5) is 0 Å². The number of hydrogen-bond donors (Lipinski definition) is 1. The molecule has 0 aliphatic carbocycles. The third-order valence-electron chi connectivity index (χ3n) is 4.96. The molecule has 0 fully saturated rings. The molecule has 0 bridgehead atoms. The lowest BCUT2D eigenvalue weighted by molar-refractivity contribution is -0.140. The van der Waals surface area contributed by atoms with Gasteiger partial charge in [0.25, 0.3) is 0 Å². The molecule has 0 aromatic heterocycles. The maximum Gasteiger partial charge on any atom is 0.243 e. The summed E-state index contributed by atoms with van der Waals surface area (Å²) in [6, 6.07) is 14.5. The predicted octanol–water partition coefficient (Wildman–Crippen LogP) is 2.94. The molecule has 0 saturated carbocycles. The Morgan fingerprint density at radius 2 is 1.59 bits per heavy atom.